The zero-order chi connectivity index (χ0) is 23.3. The van der Waals surface area contributed by atoms with E-state index >= 15 is 0 Å². The van der Waals surface area contributed by atoms with Gasteiger partial charge in [0.05, 0.1) is 36.5 Å². The lowest BCUT2D eigenvalue weighted by Crippen LogP contribution is -2.28. The highest BCUT2D eigenvalue weighted by Gasteiger charge is 2.28. The summed E-state index contributed by atoms with van der Waals surface area (Å²) in [5, 5.41) is 2.96. The Balaban J connectivity index is 2.04. The first-order chi connectivity index (χ1) is 15.2. The van der Waals surface area contributed by atoms with Crippen LogP contribution < -0.4 is 5.32 Å². The first-order valence-corrected chi connectivity index (χ1v) is 10.9. The summed E-state index contributed by atoms with van der Waals surface area (Å²) in [4.78, 5) is 42.0. The van der Waals surface area contributed by atoms with Crippen molar-refractivity contribution in [3.05, 3.63) is 47.7 Å². The number of pyridine rings is 1. The van der Waals surface area contributed by atoms with Gasteiger partial charge >= 0.3 is 11.9 Å². The monoisotopic (exact) mass is 438 g/mol. The van der Waals surface area contributed by atoms with E-state index in [4.69, 9.17) is 14.5 Å². The molecule has 0 radical (unpaired) electrons. The van der Waals surface area contributed by atoms with Crippen molar-refractivity contribution >= 4 is 23.5 Å². The molecule has 1 N–H and O–H groups in total. The molecule has 1 aliphatic rings. The number of ether oxygens (including phenoxy) is 2. The molecule has 2 aromatic rings. The zero-order valence-electron chi connectivity index (χ0n) is 19.1. The van der Waals surface area contributed by atoms with Crippen molar-refractivity contribution in [3.63, 3.8) is 0 Å². The minimum absolute atomic E-state index is 0.105. The number of rotatable bonds is 3. The number of nitrogens with zero attached hydrogens (tertiary/aromatic N) is 1. The molecule has 7 nitrogen and oxygen atoms in total. The molecular weight excluding hydrogens is 408 g/mol. The normalized spacial score (nSPS) is 16.6. The molecule has 0 spiro atoms. The van der Waals surface area contributed by atoms with E-state index in [0.29, 0.717) is 42.8 Å². The van der Waals surface area contributed by atoms with E-state index in [-0.39, 0.29) is 24.3 Å². The van der Waals surface area contributed by atoms with E-state index in [1.165, 1.54) is 7.11 Å². The lowest BCUT2D eigenvalue weighted by atomic mass is 9.95. The van der Waals surface area contributed by atoms with Gasteiger partial charge in [0.2, 0.25) is 5.91 Å². The minimum atomic E-state index is -0.596. The smallest absolute Gasteiger partial charge is 0.315 e. The third kappa shape index (κ3) is 6.15. The van der Waals surface area contributed by atoms with Gasteiger partial charge in [0.1, 0.15) is 5.60 Å². The number of esters is 2. The third-order valence-electron chi connectivity index (χ3n) is 5.18. The number of nitrogens with one attached hydrogen (secondary N) is 1. The number of carbonyl (C=O) groups is 3. The summed E-state index contributed by atoms with van der Waals surface area (Å²) in [6.07, 6.45) is 2.33. The van der Waals surface area contributed by atoms with E-state index in [9.17, 15) is 14.4 Å². The molecule has 2 bridgehead atoms. The van der Waals surface area contributed by atoms with Gasteiger partial charge in [-0.3, -0.25) is 19.4 Å². The van der Waals surface area contributed by atoms with Crippen LogP contribution in [0.1, 0.15) is 63.6 Å². The number of aromatic nitrogens is 1. The van der Waals surface area contributed by atoms with Crippen LogP contribution in [0, 0.1) is 0 Å². The molecule has 170 valence electrons. The molecule has 1 aromatic carbocycles. The van der Waals surface area contributed by atoms with Crippen LogP contribution in [-0.4, -0.2) is 35.5 Å². The van der Waals surface area contributed by atoms with Crippen LogP contribution >= 0.6 is 0 Å². The predicted molar refractivity (Wildman–Crippen MR) is 121 cm³/mol. The maximum Gasteiger partial charge on any atom is 0.315 e. The van der Waals surface area contributed by atoms with E-state index < -0.39 is 11.5 Å². The molecule has 1 unspecified atom stereocenters. The summed E-state index contributed by atoms with van der Waals surface area (Å²) in [5.74, 6) is -1.28. The van der Waals surface area contributed by atoms with Crippen molar-refractivity contribution < 1.29 is 23.9 Å². The van der Waals surface area contributed by atoms with Crippen molar-refractivity contribution in [2.45, 2.75) is 64.4 Å². The first kappa shape index (κ1) is 23.4. The number of hydrogen-bond acceptors (Lipinski definition) is 6. The van der Waals surface area contributed by atoms with Crippen LogP contribution in [0.5, 0.6) is 0 Å². The Kier molecular flexibility index (Phi) is 7.28. The lowest BCUT2D eigenvalue weighted by molar-refractivity contribution is -0.157. The first-order valence-electron chi connectivity index (χ1n) is 10.9. The summed E-state index contributed by atoms with van der Waals surface area (Å²) in [5.41, 5.74) is 2.71. The molecule has 1 aliphatic heterocycles. The maximum absolute atomic E-state index is 12.9. The zero-order valence-corrected chi connectivity index (χ0v) is 19.1. The average molecular weight is 439 g/mol. The van der Waals surface area contributed by atoms with Gasteiger partial charge in [-0.1, -0.05) is 24.6 Å². The molecule has 7 heteroatoms. The van der Waals surface area contributed by atoms with Gasteiger partial charge in [-0.05, 0) is 57.4 Å². The fourth-order valence-corrected chi connectivity index (χ4v) is 3.67. The standard InChI is InChI=1S/C25H30N2O5/c1-25(2,3)32-24(30)18-8-5-6-11-22(28)27-21-14-16(15-23(29)31-4)12-13-17(21)19-9-7-10-20(18)26-19/h7,9-10,12-14,18H,5-6,8,11,15H2,1-4H3,(H,27,28). The van der Waals surface area contributed by atoms with E-state index in [2.05, 4.69) is 5.32 Å². The van der Waals surface area contributed by atoms with Crippen LogP contribution in [0.25, 0.3) is 11.3 Å². The molecule has 3 rings (SSSR count). The second kappa shape index (κ2) is 9.94. The topological polar surface area (TPSA) is 94.6 Å². The van der Waals surface area contributed by atoms with Crippen molar-refractivity contribution in [2.24, 2.45) is 0 Å². The van der Waals surface area contributed by atoms with Crippen molar-refractivity contribution in [1.29, 1.82) is 0 Å². The Labute approximate surface area is 188 Å². The quantitative estimate of drug-likeness (QED) is 0.714. The number of amides is 1. The van der Waals surface area contributed by atoms with Crippen molar-refractivity contribution in [2.75, 3.05) is 12.4 Å². The highest BCUT2D eigenvalue weighted by Crippen LogP contribution is 2.32. The Morgan fingerprint density at radius 1 is 1.16 bits per heavy atom. The maximum atomic E-state index is 12.9. The number of benzene rings is 1. The fraction of sp³-hybridized carbons (Fsp3) is 0.440. The van der Waals surface area contributed by atoms with E-state index in [0.717, 1.165) is 11.1 Å². The Morgan fingerprint density at radius 2 is 1.94 bits per heavy atom. The molecule has 0 saturated heterocycles. The Hall–Kier alpha value is -3.22. The minimum Gasteiger partial charge on any atom is -0.469 e. The Morgan fingerprint density at radius 3 is 2.66 bits per heavy atom. The van der Waals surface area contributed by atoms with E-state index in [1.54, 1.807) is 6.07 Å². The number of carbonyl (C=O) groups excluding carboxylic acids is 3. The molecule has 0 fully saturated rings. The van der Waals surface area contributed by atoms with Crippen molar-refractivity contribution in [1.82, 2.24) is 4.98 Å². The van der Waals surface area contributed by atoms with Gasteiger partial charge in [0, 0.05) is 12.0 Å². The van der Waals surface area contributed by atoms with Gasteiger partial charge in [-0.2, -0.15) is 0 Å². The molecule has 1 aromatic heterocycles. The molecule has 0 aliphatic carbocycles. The number of hydrogen-bond donors (Lipinski definition) is 1. The lowest BCUT2D eigenvalue weighted by Gasteiger charge is -2.24. The van der Waals surface area contributed by atoms with Gasteiger partial charge in [0.15, 0.2) is 0 Å². The van der Waals surface area contributed by atoms with Crippen LogP contribution in [0.15, 0.2) is 36.4 Å². The van der Waals surface area contributed by atoms with Crippen LogP contribution in [0.2, 0.25) is 0 Å². The SMILES string of the molecule is COC(=O)Cc1ccc2c(c1)NC(=O)CCCCC(C(=O)OC(C)(C)C)c1cccc-2n1. The summed E-state index contributed by atoms with van der Waals surface area (Å²) >= 11 is 0. The number of methoxy groups -OCH3 is 1. The number of anilines is 1. The highest BCUT2D eigenvalue weighted by molar-refractivity contribution is 5.95. The third-order valence-corrected chi connectivity index (χ3v) is 5.18. The largest absolute Gasteiger partial charge is 0.469 e. The molecule has 0 saturated carbocycles. The fourth-order valence-electron chi connectivity index (χ4n) is 3.67. The number of fused-ring (bicyclic) bond motifs is 4. The summed E-state index contributed by atoms with van der Waals surface area (Å²) < 4.78 is 10.4. The molecule has 1 atom stereocenters. The molecule has 2 heterocycles. The average Bonchev–Trinajstić information content (AvgIpc) is 2.72. The second-order valence-electron chi connectivity index (χ2n) is 8.96. The van der Waals surface area contributed by atoms with E-state index in [1.807, 2.05) is 51.1 Å². The Bertz CT molecular complexity index is 1010. The highest BCUT2D eigenvalue weighted by atomic mass is 16.6. The van der Waals surface area contributed by atoms with Crippen molar-refractivity contribution in [3.8, 4) is 11.3 Å². The van der Waals surface area contributed by atoms with Gasteiger partial charge in [-0.15, -0.1) is 0 Å². The predicted octanol–water partition coefficient (Wildman–Crippen LogP) is 4.40. The molecule has 32 heavy (non-hydrogen) atoms. The second-order valence-corrected chi connectivity index (χ2v) is 8.96. The van der Waals surface area contributed by atoms with Crippen LogP contribution in [0.3, 0.4) is 0 Å². The van der Waals surface area contributed by atoms with Gasteiger partial charge in [0.25, 0.3) is 0 Å². The summed E-state index contributed by atoms with van der Waals surface area (Å²) in [6.45, 7) is 5.53. The van der Waals surface area contributed by atoms with Crippen LogP contribution in [-0.2, 0) is 30.3 Å². The van der Waals surface area contributed by atoms with Gasteiger partial charge < -0.3 is 14.8 Å². The summed E-state index contributed by atoms with van der Waals surface area (Å²) in [7, 11) is 1.34. The van der Waals surface area contributed by atoms with Gasteiger partial charge in [-0.25, -0.2) is 0 Å². The molecular formula is C25H30N2O5. The molecule has 1 amide bonds. The summed E-state index contributed by atoms with van der Waals surface area (Å²) in [6, 6.07) is 11.0. The van der Waals surface area contributed by atoms with Crippen LogP contribution in [0.4, 0.5) is 5.69 Å².